The minimum atomic E-state index is -0.818. The second kappa shape index (κ2) is 6.07. The van der Waals surface area contributed by atoms with Gasteiger partial charge < -0.3 is 14.2 Å². The average molecular weight is 290 g/mol. The van der Waals surface area contributed by atoms with Crippen molar-refractivity contribution in [3.63, 3.8) is 0 Å². The molecule has 1 aromatic rings. The summed E-state index contributed by atoms with van der Waals surface area (Å²) in [6.07, 6.45) is 5.27. The first-order valence-electron chi connectivity index (χ1n) is 8.18. The lowest BCUT2D eigenvalue weighted by molar-refractivity contribution is -0.370. The summed E-state index contributed by atoms with van der Waals surface area (Å²) in [7, 11) is 0. The lowest BCUT2D eigenvalue weighted by atomic mass is 9.89. The normalized spacial score (nSPS) is 33.0. The van der Waals surface area contributed by atoms with Gasteiger partial charge in [-0.15, -0.1) is 0 Å². The van der Waals surface area contributed by atoms with Gasteiger partial charge in [0.1, 0.15) is 0 Å². The second-order valence-electron chi connectivity index (χ2n) is 6.58. The summed E-state index contributed by atoms with van der Waals surface area (Å²) in [5.41, 5.74) is 1.19. The standard InChI is InChI=1S/C18H26O3/c1-3-4-8-16(15-9-6-5-7-10-15)13-18-19-12-11-17(2,21-18)14-20-18/h5-7,9-10,16H,3-4,8,11-14H2,1-2H3/t16-,17+,18-/m0/s1. The Morgan fingerprint density at radius 1 is 1.19 bits per heavy atom. The summed E-state index contributed by atoms with van der Waals surface area (Å²) in [4.78, 5) is 0. The fourth-order valence-corrected chi connectivity index (χ4v) is 3.34. The van der Waals surface area contributed by atoms with Gasteiger partial charge in [0.2, 0.25) is 0 Å². The molecule has 2 aliphatic heterocycles. The van der Waals surface area contributed by atoms with Gasteiger partial charge in [0.05, 0.1) is 18.8 Å². The Morgan fingerprint density at radius 3 is 2.76 bits per heavy atom. The van der Waals surface area contributed by atoms with Crippen molar-refractivity contribution in [1.82, 2.24) is 0 Å². The predicted molar refractivity (Wildman–Crippen MR) is 82.1 cm³/mol. The van der Waals surface area contributed by atoms with Crippen LogP contribution in [0.15, 0.2) is 30.3 Å². The fourth-order valence-electron chi connectivity index (χ4n) is 3.34. The zero-order chi connectivity index (χ0) is 14.8. The van der Waals surface area contributed by atoms with Crippen LogP contribution in [-0.2, 0) is 14.2 Å². The number of fused-ring (bicyclic) bond motifs is 2. The quantitative estimate of drug-likeness (QED) is 0.784. The fraction of sp³-hybridized carbons (Fsp3) is 0.667. The summed E-state index contributed by atoms with van der Waals surface area (Å²) >= 11 is 0. The summed E-state index contributed by atoms with van der Waals surface area (Å²) in [5.74, 6) is -0.395. The van der Waals surface area contributed by atoms with E-state index in [1.54, 1.807) is 0 Å². The Kier molecular flexibility index (Phi) is 4.34. The van der Waals surface area contributed by atoms with E-state index in [0.29, 0.717) is 12.5 Å². The van der Waals surface area contributed by atoms with Crippen LogP contribution in [-0.4, -0.2) is 24.8 Å². The van der Waals surface area contributed by atoms with Crippen molar-refractivity contribution in [2.75, 3.05) is 13.2 Å². The molecule has 0 radical (unpaired) electrons. The van der Waals surface area contributed by atoms with Gasteiger partial charge in [0, 0.05) is 12.8 Å². The van der Waals surface area contributed by atoms with Crippen molar-refractivity contribution < 1.29 is 14.2 Å². The third kappa shape index (κ3) is 3.31. The number of benzene rings is 1. The lowest BCUT2D eigenvalue weighted by Gasteiger charge is -2.37. The van der Waals surface area contributed by atoms with Crippen molar-refractivity contribution in [3.05, 3.63) is 35.9 Å². The Balaban J connectivity index is 1.75. The first-order chi connectivity index (χ1) is 10.1. The van der Waals surface area contributed by atoms with E-state index < -0.39 is 5.97 Å². The molecule has 3 heteroatoms. The SMILES string of the molecule is CCCC[C@@H](C[C@]12OCC[C@](C)(CO1)O2)c1ccccc1. The molecule has 2 bridgehead atoms. The summed E-state index contributed by atoms with van der Waals surface area (Å²) in [6.45, 7) is 5.73. The maximum Gasteiger partial charge on any atom is 0.284 e. The molecule has 0 unspecified atom stereocenters. The number of rotatable bonds is 6. The Bertz CT molecular complexity index is 461. The van der Waals surface area contributed by atoms with E-state index in [9.17, 15) is 0 Å². The van der Waals surface area contributed by atoms with E-state index in [1.165, 1.54) is 18.4 Å². The second-order valence-corrected chi connectivity index (χ2v) is 6.58. The molecule has 2 aliphatic rings. The largest absolute Gasteiger partial charge is 0.327 e. The molecule has 0 spiro atoms. The van der Waals surface area contributed by atoms with E-state index in [-0.39, 0.29) is 5.60 Å². The van der Waals surface area contributed by atoms with Crippen molar-refractivity contribution in [1.29, 1.82) is 0 Å². The van der Waals surface area contributed by atoms with Crippen LogP contribution in [0, 0.1) is 0 Å². The van der Waals surface area contributed by atoms with Crippen LogP contribution in [0.1, 0.15) is 57.4 Å². The van der Waals surface area contributed by atoms with Gasteiger partial charge >= 0.3 is 0 Å². The Labute approximate surface area is 127 Å². The number of hydrogen-bond acceptors (Lipinski definition) is 3. The summed E-state index contributed by atoms with van der Waals surface area (Å²) in [6, 6.07) is 10.7. The lowest BCUT2D eigenvalue weighted by Crippen LogP contribution is -2.44. The van der Waals surface area contributed by atoms with Crippen LogP contribution in [0.3, 0.4) is 0 Å². The molecule has 0 aromatic heterocycles. The smallest absolute Gasteiger partial charge is 0.284 e. The van der Waals surface area contributed by atoms with Crippen molar-refractivity contribution in [3.8, 4) is 0 Å². The molecule has 3 nitrogen and oxygen atoms in total. The van der Waals surface area contributed by atoms with Crippen LogP contribution < -0.4 is 0 Å². The van der Waals surface area contributed by atoms with Gasteiger partial charge in [-0.05, 0) is 24.8 Å². The van der Waals surface area contributed by atoms with Crippen molar-refractivity contribution >= 4 is 0 Å². The first kappa shape index (κ1) is 15.0. The molecule has 116 valence electrons. The highest BCUT2D eigenvalue weighted by atomic mass is 16.9. The molecule has 3 atom stereocenters. The van der Waals surface area contributed by atoms with Gasteiger partial charge in [-0.25, -0.2) is 0 Å². The molecule has 0 aliphatic carbocycles. The van der Waals surface area contributed by atoms with Crippen LogP contribution in [0.5, 0.6) is 0 Å². The third-order valence-corrected chi connectivity index (χ3v) is 4.63. The van der Waals surface area contributed by atoms with Gasteiger partial charge in [0.15, 0.2) is 0 Å². The van der Waals surface area contributed by atoms with Gasteiger partial charge in [-0.3, -0.25) is 0 Å². The average Bonchev–Trinajstić information content (AvgIpc) is 2.74. The number of ether oxygens (including phenoxy) is 3. The highest BCUT2D eigenvalue weighted by Gasteiger charge is 2.53. The van der Waals surface area contributed by atoms with Crippen LogP contribution >= 0.6 is 0 Å². The molecule has 2 fully saturated rings. The third-order valence-electron chi connectivity index (χ3n) is 4.63. The first-order valence-corrected chi connectivity index (χ1v) is 8.18. The maximum atomic E-state index is 6.16. The van der Waals surface area contributed by atoms with E-state index in [1.807, 2.05) is 0 Å². The monoisotopic (exact) mass is 290 g/mol. The van der Waals surface area contributed by atoms with Gasteiger partial charge in [-0.1, -0.05) is 50.1 Å². The van der Waals surface area contributed by atoms with Crippen LogP contribution in [0.2, 0.25) is 0 Å². The Morgan fingerprint density at radius 2 is 2.00 bits per heavy atom. The summed E-state index contributed by atoms with van der Waals surface area (Å²) in [5, 5.41) is 0. The number of hydrogen-bond donors (Lipinski definition) is 0. The molecular weight excluding hydrogens is 264 g/mol. The minimum Gasteiger partial charge on any atom is -0.327 e. The molecule has 1 aromatic carbocycles. The zero-order valence-corrected chi connectivity index (χ0v) is 13.1. The maximum absolute atomic E-state index is 6.16. The van der Waals surface area contributed by atoms with E-state index in [2.05, 4.69) is 44.2 Å². The Hall–Kier alpha value is -0.900. The van der Waals surface area contributed by atoms with Crippen molar-refractivity contribution in [2.45, 2.75) is 63.4 Å². The van der Waals surface area contributed by atoms with Crippen LogP contribution in [0.25, 0.3) is 0 Å². The molecule has 2 heterocycles. The molecule has 0 N–H and O–H groups in total. The van der Waals surface area contributed by atoms with Gasteiger partial charge in [-0.2, -0.15) is 0 Å². The molecule has 3 rings (SSSR count). The molecular formula is C18H26O3. The van der Waals surface area contributed by atoms with E-state index >= 15 is 0 Å². The highest BCUT2D eigenvalue weighted by Crippen LogP contribution is 2.45. The number of unbranched alkanes of at least 4 members (excludes halogenated alkanes) is 1. The molecule has 0 saturated carbocycles. The predicted octanol–water partition coefficient (Wildman–Crippen LogP) is 4.23. The van der Waals surface area contributed by atoms with Crippen LogP contribution in [0.4, 0.5) is 0 Å². The highest BCUT2D eigenvalue weighted by molar-refractivity contribution is 5.20. The van der Waals surface area contributed by atoms with E-state index in [4.69, 9.17) is 14.2 Å². The molecule has 0 amide bonds. The van der Waals surface area contributed by atoms with Crippen molar-refractivity contribution in [2.24, 2.45) is 0 Å². The molecule has 2 saturated heterocycles. The van der Waals surface area contributed by atoms with Gasteiger partial charge in [0.25, 0.3) is 5.97 Å². The minimum absolute atomic E-state index is 0.162. The topological polar surface area (TPSA) is 27.7 Å². The molecule has 21 heavy (non-hydrogen) atoms. The summed E-state index contributed by atoms with van der Waals surface area (Å²) < 4.78 is 18.0. The zero-order valence-electron chi connectivity index (χ0n) is 13.1. The van der Waals surface area contributed by atoms with E-state index in [0.717, 1.165) is 25.9 Å².